The van der Waals surface area contributed by atoms with E-state index in [9.17, 15) is 4.79 Å². The van der Waals surface area contributed by atoms with Crippen LogP contribution >= 0.6 is 0 Å². The van der Waals surface area contributed by atoms with Crippen molar-refractivity contribution in [1.29, 1.82) is 0 Å². The highest BCUT2D eigenvalue weighted by atomic mass is 16.5. The fourth-order valence-electron chi connectivity index (χ4n) is 1.21. The lowest BCUT2D eigenvalue weighted by Gasteiger charge is -2.06. The molecule has 1 N–H and O–H groups in total. The van der Waals surface area contributed by atoms with E-state index in [0.29, 0.717) is 13.2 Å². The van der Waals surface area contributed by atoms with Crippen molar-refractivity contribution in [1.82, 2.24) is 5.32 Å². The van der Waals surface area contributed by atoms with Gasteiger partial charge in [-0.15, -0.1) is 6.58 Å². The zero-order chi connectivity index (χ0) is 11.6. The summed E-state index contributed by atoms with van der Waals surface area (Å²) in [5.41, 5.74) is 0.990. The molecular weight excluding hydrogens is 202 g/mol. The van der Waals surface area contributed by atoms with Crippen molar-refractivity contribution < 1.29 is 9.53 Å². The largest absolute Gasteiger partial charge is 0.445 e. The summed E-state index contributed by atoms with van der Waals surface area (Å²) >= 11 is 0. The number of carbonyl (C=O) groups is 1. The summed E-state index contributed by atoms with van der Waals surface area (Å²) in [4.78, 5) is 11.2. The van der Waals surface area contributed by atoms with Crippen molar-refractivity contribution in [2.45, 2.75) is 19.4 Å². The molecule has 0 aromatic heterocycles. The van der Waals surface area contributed by atoms with Gasteiger partial charge in [0.05, 0.1) is 0 Å². The third-order valence-corrected chi connectivity index (χ3v) is 2.07. The van der Waals surface area contributed by atoms with Gasteiger partial charge in [0, 0.05) is 6.54 Å². The van der Waals surface area contributed by atoms with Gasteiger partial charge in [-0.05, 0) is 18.4 Å². The maximum absolute atomic E-state index is 11.2. The van der Waals surface area contributed by atoms with E-state index < -0.39 is 0 Å². The Morgan fingerprint density at radius 3 is 2.81 bits per heavy atom. The fraction of sp³-hybridized carbons (Fsp3) is 0.308. The predicted octanol–water partition coefficient (Wildman–Crippen LogP) is 2.88. The molecule has 1 aromatic carbocycles. The highest BCUT2D eigenvalue weighted by molar-refractivity contribution is 5.67. The van der Waals surface area contributed by atoms with Gasteiger partial charge in [0.1, 0.15) is 6.61 Å². The van der Waals surface area contributed by atoms with Crippen LogP contribution in [0.5, 0.6) is 0 Å². The normalized spacial score (nSPS) is 9.50. The summed E-state index contributed by atoms with van der Waals surface area (Å²) < 4.78 is 5.03. The van der Waals surface area contributed by atoms with E-state index in [1.54, 1.807) is 0 Å². The van der Waals surface area contributed by atoms with Crippen LogP contribution in [-0.2, 0) is 11.3 Å². The standard InChI is InChI=1S/C13H17NO2/c1-2-3-7-10-14-13(15)16-11-12-8-5-4-6-9-12/h2,4-6,8-9H,1,3,7,10-11H2,(H,14,15). The van der Waals surface area contributed by atoms with Gasteiger partial charge in [0.15, 0.2) is 0 Å². The van der Waals surface area contributed by atoms with Crippen LogP contribution in [0.1, 0.15) is 18.4 Å². The number of nitrogens with one attached hydrogen (secondary N) is 1. The molecule has 0 bridgehead atoms. The zero-order valence-corrected chi connectivity index (χ0v) is 9.32. The van der Waals surface area contributed by atoms with Gasteiger partial charge >= 0.3 is 6.09 Å². The van der Waals surface area contributed by atoms with Gasteiger partial charge in [-0.25, -0.2) is 4.79 Å². The van der Waals surface area contributed by atoms with Crippen molar-refractivity contribution >= 4 is 6.09 Å². The molecule has 1 amide bonds. The van der Waals surface area contributed by atoms with Crippen molar-refractivity contribution in [2.24, 2.45) is 0 Å². The number of hydrogen-bond donors (Lipinski definition) is 1. The lowest BCUT2D eigenvalue weighted by molar-refractivity contribution is 0.139. The smallest absolute Gasteiger partial charge is 0.407 e. The zero-order valence-electron chi connectivity index (χ0n) is 9.32. The van der Waals surface area contributed by atoms with Gasteiger partial charge < -0.3 is 10.1 Å². The Labute approximate surface area is 96.1 Å². The Kier molecular flexibility index (Phi) is 5.78. The van der Waals surface area contributed by atoms with E-state index in [1.807, 2.05) is 36.4 Å². The number of unbranched alkanes of at least 4 members (excludes halogenated alkanes) is 1. The van der Waals surface area contributed by atoms with Crippen LogP contribution in [0.2, 0.25) is 0 Å². The second kappa shape index (κ2) is 7.51. The second-order valence-corrected chi connectivity index (χ2v) is 3.42. The second-order valence-electron chi connectivity index (χ2n) is 3.42. The summed E-state index contributed by atoms with van der Waals surface area (Å²) in [5, 5.41) is 2.68. The first-order chi connectivity index (χ1) is 7.83. The fourth-order valence-corrected chi connectivity index (χ4v) is 1.21. The molecule has 0 heterocycles. The van der Waals surface area contributed by atoms with Gasteiger partial charge in [0.25, 0.3) is 0 Å². The number of rotatable bonds is 6. The maximum Gasteiger partial charge on any atom is 0.407 e. The topological polar surface area (TPSA) is 38.3 Å². The summed E-state index contributed by atoms with van der Waals surface area (Å²) in [7, 11) is 0. The number of hydrogen-bond acceptors (Lipinski definition) is 2. The molecule has 0 aliphatic rings. The average Bonchev–Trinajstić information content (AvgIpc) is 2.33. The Balaban J connectivity index is 2.13. The third kappa shape index (κ3) is 5.20. The molecular formula is C13H17NO2. The summed E-state index contributed by atoms with van der Waals surface area (Å²) in [6.07, 6.45) is 3.26. The molecule has 0 radical (unpaired) electrons. The SMILES string of the molecule is C=CCCCNC(=O)OCc1ccccc1. The Morgan fingerprint density at radius 1 is 1.38 bits per heavy atom. The lowest BCUT2D eigenvalue weighted by atomic mass is 10.2. The van der Waals surface area contributed by atoms with Gasteiger partial charge in [-0.3, -0.25) is 0 Å². The number of amides is 1. The third-order valence-electron chi connectivity index (χ3n) is 2.07. The van der Waals surface area contributed by atoms with Crippen molar-refractivity contribution in [3.63, 3.8) is 0 Å². The molecule has 0 aliphatic carbocycles. The van der Waals surface area contributed by atoms with E-state index in [2.05, 4.69) is 11.9 Å². The molecule has 3 nitrogen and oxygen atoms in total. The van der Waals surface area contributed by atoms with Crippen LogP contribution in [0, 0.1) is 0 Å². The molecule has 0 fully saturated rings. The van der Waals surface area contributed by atoms with E-state index in [1.165, 1.54) is 0 Å². The van der Waals surface area contributed by atoms with E-state index in [4.69, 9.17) is 4.74 Å². The van der Waals surface area contributed by atoms with Crippen LogP contribution in [0.25, 0.3) is 0 Å². The van der Waals surface area contributed by atoms with Crippen molar-refractivity contribution in [3.8, 4) is 0 Å². The Hall–Kier alpha value is -1.77. The molecule has 1 rings (SSSR count). The lowest BCUT2D eigenvalue weighted by Crippen LogP contribution is -2.25. The van der Waals surface area contributed by atoms with Crippen LogP contribution in [0.3, 0.4) is 0 Å². The molecule has 0 unspecified atom stereocenters. The minimum absolute atomic E-state index is 0.314. The van der Waals surface area contributed by atoms with E-state index >= 15 is 0 Å². The maximum atomic E-state index is 11.2. The molecule has 0 saturated carbocycles. The molecule has 0 saturated heterocycles. The molecule has 3 heteroatoms. The number of benzene rings is 1. The van der Waals surface area contributed by atoms with E-state index in [-0.39, 0.29) is 6.09 Å². The highest BCUT2D eigenvalue weighted by Crippen LogP contribution is 2.00. The molecule has 16 heavy (non-hydrogen) atoms. The van der Waals surface area contributed by atoms with Crippen LogP contribution in [-0.4, -0.2) is 12.6 Å². The van der Waals surface area contributed by atoms with Crippen LogP contribution in [0.15, 0.2) is 43.0 Å². The van der Waals surface area contributed by atoms with Gasteiger partial charge in [-0.1, -0.05) is 36.4 Å². The molecule has 0 aliphatic heterocycles. The van der Waals surface area contributed by atoms with Gasteiger partial charge in [0.2, 0.25) is 0 Å². The highest BCUT2D eigenvalue weighted by Gasteiger charge is 2.00. The molecule has 0 atom stereocenters. The first-order valence-electron chi connectivity index (χ1n) is 5.38. The Morgan fingerprint density at radius 2 is 2.12 bits per heavy atom. The van der Waals surface area contributed by atoms with Crippen molar-refractivity contribution in [2.75, 3.05) is 6.54 Å². The number of ether oxygens (including phenoxy) is 1. The van der Waals surface area contributed by atoms with Crippen LogP contribution in [0.4, 0.5) is 4.79 Å². The first-order valence-corrected chi connectivity index (χ1v) is 5.38. The predicted molar refractivity (Wildman–Crippen MR) is 64.1 cm³/mol. The minimum atomic E-state index is -0.368. The molecule has 1 aromatic rings. The summed E-state index contributed by atoms with van der Waals surface area (Å²) in [5.74, 6) is 0. The minimum Gasteiger partial charge on any atom is -0.445 e. The van der Waals surface area contributed by atoms with Crippen LogP contribution < -0.4 is 5.32 Å². The van der Waals surface area contributed by atoms with Gasteiger partial charge in [-0.2, -0.15) is 0 Å². The first kappa shape index (κ1) is 12.3. The summed E-state index contributed by atoms with van der Waals surface area (Å²) in [6.45, 7) is 4.55. The monoisotopic (exact) mass is 219 g/mol. The van der Waals surface area contributed by atoms with E-state index in [0.717, 1.165) is 18.4 Å². The number of alkyl carbamates (subject to hydrolysis) is 1. The quantitative estimate of drug-likeness (QED) is 0.590. The molecule has 0 spiro atoms. The van der Waals surface area contributed by atoms with Crippen molar-refractivity contribution in [3.05, 3.63) is 48.6 Å². The molecule has 86 valence electrons. The summed E-state index contributed by atoms with van der Waals surface area (Å²) in [6, 6.07) is 9.61. The number of allylic oxidation sites excluding steroid dienone is 1. The average molecular weight is 219 g/mol. The number of carbonyl (C=O) groups excluding carboxylic acids is 1. The Bertz CT molecular complexity index is 322.